The number of rotatable bonds is 5. The molecule has 2 amide bonds. The number of furan rings is 1. The van der Waals surface area contributed by atoms with Gasteiger partial charge in [-0.05, 0) is 29.5 Å². The molecule has 3 atom stereocenters. The Balaban J connectivity index is 0.00000210. The van der Waals surface area contributed by atoms with Crippen LogP contribution in [0, 0.1) is 11.8 Å². The maximum absolute atomic E-state index is 13.1. The Morgan fingerprint density at radius 2 is 1.81 bits per heavy atom. The molecule has 2 aliphatic rings. The molecule has 2 fully saturated rings. The van der Waals surface area contributed by atoms with E-state index < -0.39 is 6.04 Å². The summed E-state index contributed by atoms with van der Waals surface area (Å²) in [6.45, 7) is 3.46. The van der Waals surface area contributed by atoms with E-state index in [0.29, 0.717) is 18.3 Å². The van der Waals surface area contributed by atoms with Crippen LogP contribution in [0.25, 0.3) is 0 Å². The molecular weight excluding hydrogens is 366 g/mol. The Hall–Kier alpha value is -2.31. The van der Waals surface area contributed by atoms with Gasteiger partial charge >= 0.3 is 0 Å². The lowest BCUT2D eigenvalue weighted by Gasteiger charge is -2.25. The van der Waals surface area contributed by atoms with Crippen molar-refractivity contribution < 1.29 is 14.0 Å². The van der Waals surface area contributed by atoms with Gasteiger partial charge in [-0.3, -0.25) is 9.59 Å². The van der Waals surface area contributed by atoms with Crippen LogP contribution in [0.4, 0.5) is 0 Å². The summed E-state index contributed by atoms with van der Waals surface area (Å²) in [5, 5.41) is 6.25. The van der Waals surface area contributed by atoms with E-state index in [2.05, 4.69) is 10.6 Å². The van der Waals surface area contributed by atoms with Crippen LogP contribution in [0.15, 0.2) is 53.1 Å². The van der Waals surface area contributed by atoms with Crippen molar-refractivity contribution in [3.63, 3.8) is 0 Å². The molecule has 0 radical (unpaired) electrons. The van der Waals surface area contributed by atoms with E-state index in [1.165, 1.54) is 6.26 Å². The van der Waals surface area contributed by atoms with Gasteiger partial charge in [-0.15, -0.1) is 12.4 Å². The molecule has 0 saturated carbocycles. The lowest BCUT2D eigenvalue weighted by Crippen LogP contribution is -2.49. The van der Waals surface area contributed by atoms with Gasteiger partial charge in [0.15, 0.2) is 5.76 Å². The van der Waals surface area contributed by atoms with Crippen molar-refractivity contribution in [3.05, 3.63) is 60.1 Å². The minimum Gasteiger partial charge on any atom is -0.459 e. The van der Waals surface area contributed by atoms with Crippen LogP contribution in [-0.4, -0.2) is 48.9 Å². The summed E-state index contributed by atoms with van der Waals surface area (Å²) in [6.07, 6.45) is 1.92. The third-order valence-corrected chi connectivity index (χ3v) is 5.33. The number of benzene rings is 1. The highest BCUT2D eigenvalue weighted by atomic mass is 35.5. The van der Waals surface area contributed by atoms with Crippen LogP contribution in [0.2, 0.25) is 0 Å². The number of carbonyl (C=O) groups excluding carboxylic acids is 2. The van der Waals surface area contributed by atoms with Crippen LogP contribution < -0.4 is 10.6 Å². The second-order valence-electron chi connectivity index (χ2n) is 7.11. The van der Waals surface area contributed by atoms with Crippen molar-refractivity contribution in [1.29, 1.82) is 0 Å². The highest BCUT2D eigenvalue weighted by Crippen LogP contribution is 2.27. The fourth-order valence-electron chi connectivity index (χ4n) is 3.94. The Morgan fingerprint density at radius 3 is 2.44 bits per heavy atom. The molecular formula is C20H24ClN3O3. The van der Waals surface area contributed by atoms with Gasteiger partial charge in [0, 0.05) is 32.6 Å². The van der Waals surface area contributed by atoms with E-state index in [9.17, 15) is 9.59 Å². The first kappa shape index (κ1) is 19.5. The molecule has 7 heteroatoms. The van der Waals surface area contributed by atoms with E-state index >= 15 is 0 Å². The number of hydrogen-bond acceptors (Lipinski definition) is 4. The highest BCUT2D eigenvalue weighted by molar-refractivity contribution is 5.95. The number of nitrogens with zero attached hydrogens (tertiary/aromatic N) is 1. The molecule has 2 aliphatic heterocycles. The second kappa shape index (κ2) is 8.59. The minimum absolute atomic E-state index is 0. The van der Waals surface area contributed by atoms with E-state index in [1.54, 1.807) is 12.1 Å². The summed E-state index contributed by atoms with van der Waals surface area (Å²) in [6, 6.07) is 12.4. The van der Waals surface area contributed by atoms with Gasteiger partial charge in [0.1, 0.15) is 6.04 Å². The molecule has 6 nitrogen and oxygen atoms in total. The van der Waals surface area contributed by atoms with Crippen LogP contribution in [0.5, 0.6) is 0 Å². The first-order valence-corrected chi connectivity index (χ1v) is 9.08. The normalized spacial score (nSPS) is 22.0. The molecule has 1 unspecified atom stereocenters. The summed E-state index contributed by atoms with van der Waals surface area (Å²) in [4.78, 5) is 27.5. The van der Waals surface area contributed by atoms with Crippen molar-refractivity contribution in [2.75, 3.05) is 26.2 Å². The zero-order valence-electron chi connectivity index (χ0n) is 15.0. The second-order valence-corrected chi connectivity index (χ2v) is 7.11. The van der Waals surface area contributed by atoms with Crippen molar-refractivity contribution >= 4 is 24.2 Å². The smallest absolute Gasteiger partial charge is 0.287 e. The topological polar surface area (TPSA) is 74.6 Å². The molecule has 0 spiro atoms. The molecule has 2 aromatic rings. The van der Waals surface area contributed by atoms with E-state index in [-0.39, 0.29) is 30.0 Å². The Morgan fingerprint density at radius 1 is 1.11 bits per heavy atom. The third-order valence-electron chi connectivity index (χ3n) is 5.33. The number of likely N-dealkylation sites (tertiary alicyclic amines) is 1. The molecule has 144 valence electrons. The zero-order valence-corrected chi connectivity index (χ0v) is 15.8. The fraction of sp³-hybridized carbons (Fsp3) is 0.400. The monoisotopic (exact) mass is 389 g/mol. The van der Waals surface area contributed by atoms with Crippen LogP contribution in [-0.2, 0) is 11.2 Å². The molecule has 1 aromatic heterocycles. The molecule has 1 aromatic carbocycles. The first-order chi connectivity index (χ1) is 12.7. The Bertz CT molecular complexity index is 754. The van der Waals surface area contributed by atoms with E-state index in [4.69, 9.17) is 4.42 Å². The quantitative estimate of drug-likeness (QED) is 0.816. The molecule has 2 saturated heterocycles. The molecule has 0 bridgehead atoms. The molecule has 3 heterocycles. The summed E-state index contributed by atoms with van der Waals surface area (Å²) in [7, 11) is 0. The molecule has 0 aliphatic carbocycles. The average molecular weight is 390 g/mol. The van der Waals surface area contributed by atoms with Crippen molar-refractivity contribution in [2.45, 2.75) is 12.5 Å². The van der Waals surface area contributed by atoms with Crippen LogP contribution in [0.1, 0.15) is 16.1 Å². The van der Waals surface area contributed by atoms with Crippen LogP contribution >= 0.6 is 12.4 Å². The Labute approximate surface area is 164 Å². The van der Waals surface area contributed by atoms with Crippen molar-refractivity contribution in [1.82, 2.24) is 15.5 Å². The van der Waals surface area contributed by atoms with Gasteiger partial charge in [0.05, 0.1) is 6.26 Å². The highest BCUT2D eigenvalue weighted by Gasteiger charge is 2.40. The number of amides is 2. The zero-order chi connectivity index (χ0) is 17.9. The van der Waals surface area contributed by atoms with E-state index in [1.807, 2.05) is 35.2 Å². The molecule has 4 rings (SSSR count). The maximum atomic E-state index is 13.1. The van der Waals surface area contributed by atoms with E-state index in [0.717, 1.165) is 31.7 Å². The maximum Gasteiger partial charge on any atom is 0.287 e. The van der Waals surface area contributed by atoms with Gasteiger partial charge in [-0.25, -0.2) is 0 Å². The van der Waals surface area contributed by atoms with Crippen molar-refractivity contribution in [3.8, 4) is 0 Å². The van der Waals surface area contributed by atoms with Gasteiger partial charge in [-0.1, -0.05) is 30.3 Å². The largest absolute Gasteiger partial charge is 0.459 e. The minimum atomic E-state index is -0.596. The number of fused-ring (bicyclic) bond motifs is 1. The lowest BCUT2D eigenvalue weighted by atomic mass is 10.0. The number of halogens is 1. The summed E-state index contributed by atoms with van der Waals surface area (Å²) >= 11 is 0. The lowest BCUT2D eigenvalue weighted by molar-refractivity contribution is -0.132. The van der Waals surface area contributed by atoms with Crippen LogP contribution in [0.3, 0.4) is 0 Å². The Kier molecular flexibility index (Phi) is 6.19. The summed E-state index contributed by atoms with van der Waals surface area (Å²) in [5.74, 6) is 0.904. The summed E-state index contributed by atoms with van der Waals surface area (Å²) in [5.41, 5.74) is 1.02. The SMILES string of the molecule is Cl.O=C(NC(Cc1ccccc1)C(=O)N1C[C@H]2CNC[C@H]2C1)c1ccco1. The molecule has 27 heavy (non-hydrogen) atoms. The van der Waals surface area contributed by atoms with Gasteiger partial charge < -0.3 is 20.0 Å². The predicted octanol–water partition coefficient (Wildman–Crippen LogP) is 1.72. The molecule has 2 N–H and O–H groups in total. The van der Waals surface area contributed by atoms with Crippen molar-refractivity contribution in [2.24, 2.45) is 11.8 Å². The number of carbonyl (C=O) groups is 2. The fourth-order valence-corrected chi connectivity index (χ4v) is 3.94. The van der Waals surface area contributed by atoms with Gasteiger partial charge in [0.2, 0.25) is 5.91 Å². The average Bonchev–Trinajstić information content (AvgIpc) is 3.38. The number of nitrogens with one attached hydrogen (secondary N) is 2. The summed E-state index contributed by atoms with van der Waals surface area (Å²) < 4.78 is 5.17. The standard InChI is InChI=1S/C20H23N3O3.ClH/c24-19(18-7-4-8-26-18)22-17(9-14-5-2-1-3-6-14)20(25)23-12-15-10-21-11-16(15)13-23;/h1-8,15-17,21H,9-13H2,(H,22,24);1H/t15-,16+,17?;. The number of hydrogen-bond donors (Lipinski definition) is 2. The van der Waals surface area contributed by atoms with Gasteiger partial charge in [0.25, 0.3) is 5.91 Å². The third kappa shape index (κ3) is 4.34. The first-order valence-electron chi connectivity index (χ1n) is 9.08. The van der Waals surface area contributed by atoms with Gasteiger partial charge in [-0.2, -0.15) is 0 Å². The predicted molar refractivity (Wildman–Crippen MR) is 104 cm³/mol.